The van der Waals surface area contributed by atoms with Gasteiger partial charge in [-0.3, -0.25) is 13.9 Å². The van der Waals surface area contributed by atoms with Crippen molar-refractivity contribution in [2.45, 2.75) is 57.6 Å². The highest BCUT2D eigenvalue weighted by molar-refractivity contribution is 7.92. The molecule has 0 radical (unpaired) electrons. The lowest BCUT2D eigenvalue weighted by Gasteiger charge is -2.33. The average Bonchev–Trinajstić information content (AvgIpc) is 2.86. The minimum Gasteiger partial charge on any atom is -0.350 e. The number of amides is 2. The molecule has 208 valence electrons. The van der Waals surface area contributed by atoms with E-state index < -0.39 is 34.1 Å². The minimum absolute atomic E-state index is 0.0154. The molecule has 3 rings (SSSR count). The third kappa shape index (κ3) is 7.97. The summed E-state index contributed by atoms with van der Waals surface area (Å²) in [7, 11) is -4.11. The van der Waals surface area contributed by atoms with Crippen LogP contribution in [0.3, 0.4) is 0 Å². The van der Waals surface area contributed by atoms with Crippen molar-refractivity contribution in [3.63, 3.8) is 0 Å². The van der Waals surface area contributed by atoms with Gasteiger partial charge in [-0.15, -0.1) is 0 Å². The number of carbonyl (C=O) groups is 2. The summed E-state index contributed by atoms with van der Waals surface area (Å²) in [6.07, 6.45) is 0. The number of benzene rings is 3. The highest BCUT2D eigenvalue weighted by atomic mass is 35.5. The molecule has 0 unspecified atom stereocenters. The van der Waals surface area contributed by atoms with Gasteiger partial charge in [-0.05, 0) is 82.1 Å². The summed E-state index contributed by atoms with van der Waals surface area (Å²) in [5.41, 5.74) is 1.28. The van der Waals surface area contributed by atoms with E-state index in [1.807, 2.05) is 33.8 Å². The van der Waals surface area contributed by atoms with E-state index in [0.717, 1.165) is 9.87 Å². The molecule has 10 heteroatoms. The maximum absolute atomic E-state index is 13.9. The van der Waals surface area contributed by atoms with Crippen LogP contribution in [0.15, 0.2) is 77.7 Å². The summed E-state index contributed by atoms with van der Waals surface area (Å²) in [5.74, 6) is -0.928. The number of hydrogen-bond donors (Lipinski definition) is 1. The Morgan fingerprint density at radius 1 is 0.923 bits per heavy atom. The first-order valence-corrected chi connectivity index (χ1v) is 14.6. The van der Waals surface area contributed by atoms with Crippen LogP contribution in [-0.2, 0) is 26.2 Å². The lowest BCUT2D eigenvalue weighted by Crippen LogP contribution is -2.54. The van der Waals surface area contributed by atoms with E-state index in [0.29, 0.717) is 21.3 Å². The van der Waals surface area contributed by atoms with Crippen LogP contribution in [0.2, 0.25) is 10.0 Å². The summed E-state index contributed by atoms with van der Waals surface area (Å²) in [5, 5.41) is 3.56. The molecule has 0 aliphatic carbocycles. The van der Waals surface area contributed by atoms with Crippen molar-refractivity contribution in [3.8, 4) is 0 Å². The molecule has 0 aliphatic rings. The van der Waals surface area contributed by atoms with Crippen LogP contribution in [0.1, 0.15) is 38.8 Å². The molecule has 3 aromatic carbocycles. The summed E-state index contributed by atoms with van der Waals surface area (Å²) >= 11 is 12.3. The fourth-order valence-corrected chi connectivity index (χ4v) is 5.67. The number of carbonyl (C=O) groups excluding carboxylic acids is 2. The van der Waals surface area contributed by atoms with E-state index in [4.69, 9.17) is 23.2 Å². The zero-order valence-corrected chi connectivity index (χ0v) is 24.9. The van der Waals surface area contributed by atoms with Gasteiger partial charge in [0, 0.05) is 12.1 Å². The molecule has 2 amide bonds. The van der Waals surface area contributed by atoms with Gasteiger partial charge in [0.2, 0.25) is 11.8 Å². The molecule has 0 heterocycles. The maximum Gasteiger partial charge on any atom is 0.264 e. The van der Waals surface area contributed by atoms with E-state index in [2.05, 4.69) is 5.32 Å². The molecule has 0 saturated heterocycles. The smallest absolute Gasteiger partial charge is 0.264 e. The van der Waals surface area contributed by atoms with Crippen molar-refractivity contribution in [1.29, 1.82) is 0 Å². The van der Waals surface area contributed by atoms with Crippen LogP contribution in [0.4, 0.5) is 5.69 Å². The quantitative estimate of drug-likeness (QED) is 0.340. The molecular weight excluding hydrogens is 557 g/mol. The van der Waals surface area contributed by atoms with Crippen molar-refractivity contribution in [1.82, 2.24) is 10.2 Å². The Bertz CT molecular complexity index is 1440. The predicted octanol–water partition coefficient (Wildman–Crippen LogP) is 5.83. The van der Waals surface area contributed by atoms with Gasteiger partial charge in [0.1, 0.15) is 12.6 Å². The third-order valence-corrected chi connectivity index (χ3v) is 8.43. The van der Waals surface area contributed by atoms with Gasteiger partial charge in [-0.1, -0.05) is 59.6 Å². The van der Waals surface area contributed by atoms with Gasteiger partial charge in [-0.25, -0.2) is 8.42 Å². The van der Waals surface area contributed by atoms with Gasteiger partial charge < -0.3 is 10.2 Å². The zero-order chi connectivity index (χ0) is 29.0. The second-order valence-corrected chi connectivity index (χ2v) is 13.0. The monoisotopic (exact) mass is 589 g/mol. The molecular formula is C29H33Cl2N3O4S. The van der Waals surface area contributed by atoms with Crippen molar-refractivity contribution in [2.24, 2.45) is 0 Å². The largest absolute Gasteiger partial charge is 0.350 e. The Morgan fingerprint density at radius 2 is 1.59 bits per heavy atom. The topological polar surface area (TPSA) is 86.8 Å². The number of nitrogens with one attached hydrogen (secondary N) is 1. The van der Waals surface area contributed by atoms with Crippen LogP contribution in [0.5, 0.6) is 0 Å². The fourth-order valence-electron chi connectivity index (χ4n) is 3.92. The van der Waals surface area contributed by atoms with Crippen LogP contribution < -0.4 is 9.62 Å². The molecule has 0 spiro atoms. The molecule has 0 aromatic heterocycles. The van der Waals surface area contributed by atoms with Gasteiger partial charge in [-0.2, -0.15) is 0 Å². The van der Waals surface area contributed by atoms with Gasteiger partial charge in [0.05, 0.1) is 20.6 Å². The lowest BCUT2D eigenvalue weighted by atomic mass is 10.1. The van der Waals surface area contributed by atoms with Gasteiger partial charge in [0.15, 0.2) is 0 Å². The second kappa shape index (κ2) is 12.4. The molecule has 7 nitrogen and oxygen atoms in total. The van der Waals surface area contributed by atoms with Crippen molar-refractivity contribution < 1.29 is 18.0 Å². The number of hydrogen-bond acceptors (Lipinski definition) is 4. The average molecular weight is 591 g/mol. The normalized spacial score (nSPS) is 12.5. The third-order valence-electron chi connectivity index (χ3n) is 5.90. The molecule has 0 saturated carbocycles. The molecule has 1 N–H and O–H groups in total. The first-order valence-electron chi connectivity index (χ1n) is 12.4. The highest BCUT2D eigenvalue weighted by Crippen LogP contribution is 2.27. The Hall–Kier alpha value is -3.07. The number of aryl methyl sites for hydroxylation is 1. The summed E-state index contributed by atoms with van der Waals surface area (Å²) in [6.45, 7) is 8.47. The Labute approximate surface area is 240 Å². The summed E-state index contributed by atoms with van der Waals surface area (Å²) in [4.78, 5) is 28.5. The highest BCUT2D eigenvalue weighted by Gasteiger charge is 2.33. The van der Waals surface area contributed by atoms with Crippen LogP contribution in [-0.4, -0.2) is 43.3 Å². The van der Waals surface area contributed by atoms with Crippen molar-refractivity contribution >= 4 is 50.7 Å². The van der Waals surface area contributed by atoms with Gasteiger partial charge in [0.25, 0.3) is 10.0 Å². The first kappa shape index (κ1) is 30.5. The van der Waals surface area contributed by atoms with Crippen LogP contribution in [0.25, 0.3) is 0 Å². The van der Waals surface area contributed by atoms with Crippen molar-refractivity contribution in [3.05, 3.63) is 94.0 Å². The van der Waals surface area contributed by atoms with Crippen LogP contribution >= 0.6 is 23.2 Å². The summed E-state index contributed by atoms with van der Waals surface area (Å²) < 4.78 is 28.6. The Morgan fingerprint density at radius 3 is 2.18 bits per heavy atom. The number of halogens is 2. The number of rotatable bonds is 9. The number of anilines is 1. The molecule has 0 fully saturated rings. The molecule has 1 atom stereocenters. The summed E-state index contributed by atoms with van der Waals surface area (Å²) in [6, 6.07) is 18.9. The minimum atomic E-state index is -4.11. The van der Waals surface area contributed by atoms with E-state index >= 15 is 0 Å². The standard InChI is InChI=1S/C29H33Cl2N3O4S/c1-20-10-9-11-23(16-20)34(39(37,38)24-12-7-6-8-13-24)19-27(35)33(21(2)28(36)32-29(3,4)5)18-22-14-15-25(30)26(31)17-22/h6-17,21H,18-19H2,1-5H3,(H,32,36)/t21-/m1/s1. The maximum atomic E-state index is 13.9. The van der Waals surface area contributed by atoms with E-state index in [1.165, 1.54) is 17.0 Å². The zero-order valence-electron chi connectivity index (χ0n) is 22.6. The lowest BCUT2D eigenvalue weighted by molar-refractivity contribution is -0.140. The Kier molecular flexibility index (Phi) is 9.69. The van der Waals surface area contributed by atoms with Crippen LogP contribution in [0, 0.1) is 6.92 Å². The number of nitrogens with zero attached hydrogens (tertiary/aromatic N) is 2. The SMILES string of the molecule is Cc1cccc(N(CC(=O)N(Cc2ccc(Cl)c(Cl)c2)[C@H](C)C(=O)NC(C)(C)C)S(=O)(=O)c2ccccc2)c1. The molecule has 0 aliphatic heterocycles. The molecule has 0 bridgehead atoms. The van der Waals surface area contributed by atoms with E-state index in [1.54, 1.807) is 61.5 Å². The van der Waals surface area contributed by atoms with Crippen molar-refractivity contribution in [2.75, 3.05) is 10.8 Å². The number of sulfonamides is 1. The predicted molar refractivity (Wildman–Crippen MR) is 157 cm³/mol. The molecule has 39 heavy (non-hydrogen) atoms. The van der Waals surface area contributed by atoms with E-state index in [9.17, 15) is 18.0 Å². The van der Waals surface area contributed by atoms with Gasteiger partial charge >= 0.3 is 0 Å². The van der Waals surface area contributed by atoms with E-state index in [-0.39, 0.29) is 17.3 Å². The first-order chi connectivity index (χ1) is 18.2. The molecule has 3 aromatic rings. The Balaban J connectivity index is 2.04. The second-order valence-electron chi connectivity index (χ2n) is 10.3. The fraction of sp³-hybridized carbons (Fsp3) is 0.310.